The smallest absolute Gasteiger partial charge is 0.164 e. The minimum absolute atomic E-state index is 0.625. The first-order valence-electron chi connectivity index (χ1n) is 22.8. The Kier molecular flexibility index (Phi) is 18.3. The van der Waals surface area contributed by atoms with Gasteiger partial charge in [0, 0.05) is 111 Å². The lowest BCUT2D eigenvalue weighted by Crippen LogP contribution is -2.45. The fraction of sp³-hybridized carbons (Fsp3) is 0.481. The number of aromatic nitrogens is 3. The minimum atomic E-state index is 0.625. The van der Waals surface area contributed by atoms with Gasteiger partial charge in [0.2, 0.25) is 0 Å². The van der Waals surface area contributed by atoms with Crippen LogP contribution in [0.4, 0.5) is 17.1 Å². The predicted molar refractivity (Wildman–Crippen MR) is 262 cm³/mol. The fourth-order valence-corrected chi connectivity index (χ4v) is 7.87. The summed E-state index contributed by atoms with van der Waals surface area (Å²) in [6, 6.07) is 26.2. The van der Waals surface area contributed by atoms with E-state index in [4.69, 9.17) is 15.0 Å². The zero-order valence-electron chi connectivity index (χ0n) is 38.6. The van der Waals surface area contributed by atoms with Crippen LogP contribution in [0.5, 0.6) is 0 Å². The van der Waals surface area contributed by atoms with E-state index >= 15 is 0 Å². The van der Waals surface area contributed by atoms with Crippen molar-refractivity contribution in [2.45, 2.75) is 67.2 Å². The molecule has 0 amide bonds. The zero-order valence-corrected chi connectivity index (χ0v) is 38.6. The maximum Gasteiger partial charge on any atom is 0.164 e. The van der Waals surface area contributed by atoms with Crippen molar-refractivity contribution in [3.05, 3.63) is 111 Å². The van der Waals surface area contributed by atoms with Gasteiger partial charge in [0.15, 0.2) is 17.5 Å². The third kappa shape index (κ3) is 14.5. The van der Waals surface area contributed by atoms with Crippen LogP contribution in [0.25, 0.3) is 34.2 Å². The number of anilines is 3. The molecule has 0 atom stereocenters. The van der Waals surface area contributed by atoms with Crippen molar-refractivity contribution in [3.8, 4) is 34.2 Å². The first-order chi connectivity index (χ1) is 29.4. The molecule has 3 heterocycles. The van der Waals surface area contributed by atoms with Gasteiger partial charge < -0.3 is 29.8 Å². The van der Waals surface area contributed by atoms with Gasteiger partial charge in [-0.05, 0) is 129 Å². The number of piperazine rings is 2. The molecule has 2 fully saturated rings. The van der Waals surface area contributed by atoms with Crippen LogP contribution in [-0.2, 0) is 0 Å². The summed E-state index contributed by atoms with van der Waals surface area (Å²) in [5, 5.41) is 3.27. The number of hydrogen-bond donors (Lipinski definition) is 1. The lowest BCUT2D eigenvalue weighted by molar-refractivity contribution is 0.303. The van der Waals surface area contributed by atoms with Crippen molar-refractivity contribution >= 4 is 17.1 Å². The fourth-order valence-electron chi connectivity index (χ4n) is 7.87. The molecular formula is C52H75N9. The van der Waals surface area contributed by atoms with Crippen molar-refractivity contribution in [2.75, 3.05) is 93.7 Å². The standard InChI is InChI=1S/C46H63N9.C6H12/c1-8-47-23-25-53(24-9-10-35(2)3)41-17-11-38(12-18-41)44-48-45(39-13-19-42(20-14-39)54-28-26-51(7)27-29-54)50-46(49-44)40-15-21-43(22-16-40)55-32-30-52(31-33-55)37(6)34-36(4)5;1-4-5-6(2)3/h8,11-22,35-36,47H,1,6,9-10,23-34H2,2-5,7H3;4,6H,1,5H2,2-3H3. The zero-order chi connectivity index (χ0) is 43.7. The molecule has 0 spiro atoms. The van der Waals surface area contributed by atoms with E-state index in [9.17, 15) is 0 Å². The van der Waals surface area contributed by atoms with Gasteiger partial charge in [-0.1, -0.05) is 60.8 Å². The van der Waals surface area contributed by atoms with Crippen LogP contribution >= 0.6 is 0 Å². The van der Waals surface area contributed by atoms with Crippen LogP contribution in [-0.4, -0.2) is 104 Å². The quantitative estimate of drug-likeness (QED) is 0.0735. The van der Waals surface area contributed by atoms with Crippen LogP contribution in [0, 0.1) is 17.8 Å². The Morgan fingerprint density at radius 3 is 1.52 bits per heavy atom. The van der Waals surface area contributed by atoms with E-state index in [-0.39, 0.29) is 0 Å². The normalized spacial score (nSPS) is 14.6. The van der Waals surface area contributed by atoms with Crippen molar-refractivity contribution in [2.24, 2.45) is 17.8 Å². The van der Waals surface area contributed by atoms with E-state index in [2.05, 4.69) is 171 Å². The van der Waals surface area contributed by atoms with E-state index in [0.717, 1.165) is 114 Å². The molecule has 6 rings (SSSR count). The summed E-state index contributed by atoms with van der Waals surface area (Å²) < 4.78 is 0. The number of likely N-dealkylation sites (N-methyl/N-ethyl adjacent to an activating group) is 1. The van der Waals surface area contributed by atoms with Gasteiger partial charge in [0.05, 0.1) is 0 Å². The molecule has 0 bridgehead atoms. The van der Waals surface area contributed by atoms with Gasteiger partial charge in [-0.25, -0.2) is 15.0 Å². The van der Waals surface area contributed by atoms with Gasteiger partial charge >= 0.3 is 0 Å². The molecule has 61 heavy (non-hydrogen) atoms. The molecule has 328 valence electrons. The monoisotopic (exact) mass is 826 g/mol. The molecule has 3 aromatic carbocycles. The van der Waals surface area contributed by atoms with Gasteiger partial charge in [-0.15, -0.1) is 6.58 Å². The van der Waals surface area contributed by atoms with Crippen molar-refractivity contribution in [1.29, 1.82) is 0 Å². The SMILES string of the molecule is C=CCC(C)C.C=CNCCN(CCCC(C)C)c1ccc(-c2nc(-c3ccc(N4CCN(C)CC4)cc3)nc(-c3ccc(N4CCN(C(=C)CC(C)C)CC4)cc3)n2)cc1. The first kappa shape index (κ1) is 46.9. The number of rotatable bonds is 19. The average Bonchev–Trinajstić information content (AvgIpc) is 3.26. The maximum atomic E-state index is 5.10. The molecule has 0 radical (unpaired) electrons. The molecule has 9 nitrogen and oxygen atoms in total. The summed E-state index contributed by atoms with van der Waals surface area (Å²) >= 11 is 0. The third-order valence-electron chi connectivity index (χ3n) is 11.5. The van der Waals surface area contributed by atoms with Gasteiger partial charge in [0.1, 0.15) is 0 Å². The molecule has 2 saturated heterocycles. The van der Waals surface area contributed by atoms with E-state index in [1.165, 1.54) is 29.2 Å². The summed E-state index contributed by atoms with van der Waals surface area (Å²) in [4.78, 5) is 27.5. The van der Waals surface area contributed by atoms with Crippen LogP contribution in [0.2, 0.25) is 0 Å². The lowest BCUT2D eigenvalue weighted by Gasteiger charge is -2.38. The molecule has 4 aromatic rings. The van der Waals surface area contributed by atoms with E-state index in [1.807, 2.05) is 6.08 Å². The number of nitrogens with zero attached hydrogens (tertiary/aromatic N) is 8. The summed E-state index contributed by atoms with van der Waals surface area (Å²) in [7, 11) is 2.19. The third-order valence-corrected chi connectivity index (χ3v) is 11.5. The van der Waals surface area contributed by atoms with Crippen molar-refractivity contribution in [3.63, 3.8) is 0 Å². The number of benzene rings is 3. The largest absolute Gasteiger partial charge is 0.390 e. The van der Waals surface area contributed by atoms with E-state index in [0.29, 0.717) is 29.3 Å². The highest BCUT2D eigenvalue weighted by molar-refractivity contribution is 5.70. The highest BCUT2D eigenvalue weighted by Gasteiger charge is 2.20. The molecular weight excluding hydrogens is 751 g/mol. The number of hydrogen-bond acceptors (Lipinski definition) is 9. The first-order valence-corrected chi connectivity index (χ1v) is 22.8. The molecule has 1 aromatic heterocycles. The highest BCUT2D eigenvalue weighted by Crippen LogP contribution is 2.30. The minimum Gasteiger partial charge on any atom is -0.390 e. The molecule has 2 aliphatic rings. The summed E-state index contributed by atoms with van der Waals surface area (Å²) in [5.74, 6) is 4.14. The second kappa shape index (κ2) is 23.7. The van der Waals surface area contributed by atoms with Crippen LogP contribution in [0.15, 0.2) is 111 Å². The molecule has 0 saturated carbocycles. The Morgan fingerprint density at radius 2 is 1.11 bits per heavy atom. The Morgan fingerprint density at radius 1 is 0.639 bits per heavy atom. The number of nitrogens with one attached hydrogen (secondary N) is 1. The summed E-state index contributed by atoms with van der Waals surface area (Å²) in [6.45, 7) is 36.2. The average molecular weight is 826 g/mol. The highest BCUT2D eigenvalue weighted by atomic mass is 15.3. The molecule has 0 unspecified atom stereocenters. The Labute approximate surface area is 369 Å². The summed E-state index contributed by atoms with van der Waals surface area (Å²) in [5.41, 5.74) is 7.87. The van der Waals surface area contributed by atoms with Crippen molar-refractivity contribution < 1.29 is 0 Å². The van der Waals surface area contributed by atoms with Crippen LogP contribution in [0.1, 0.15) is 67.2 Å². The summed E-state index contributed by atoms with van der Waals surface area (Å²) in [6.07, 6.45) is 8.28. The van der Waals surface area contributed by atoms with Gasteiger partial charge in [-0.3, -0.25) is 0 Å². The maximum absolute atomic E-state index is 5.10. The second-order valence-electron chi connectivity index (χ2n) is 18.0. The van der Waals surface area contributed by atoms with Crippen LogP contribution in [0.3, 0.4) is 0 Å². The van der Waals surface area contributed by atoms with Crippen molar-refractivity contribution in [1.82, 2.24) is 30.1 Å². The Bertz CT molecular complexity index is 1920. The Hall–Kier alpha value is -5.15. The predicted octanol–water partition coefficient (Wildman–Crippen LogP) is 10.5. The molecule has 0 aliphatic carbocycles. The number of allylic oxidation sites excluding steroid dienone is 2. The van der Waals surface area contributed by atoms with E-state index in [1.54, 1.807) is 6.20 Å². The molecule has 9 heteroatoms. The Balaban J connectivity index is 0.00000109. The topological polar surface area (TPSA) is 66.9 Å². The lowest BCUT2D eigenvalue weighted by atomic mass is 10.1. The van der Waals surface area contributed by atoms with Gasteiger partial charge in [0.25, 0.3) is 0 Å². The second-order valence-corrected chi connectivity index (χ2v) is 18.0. The molecule has 2 aliphatic heterocycles. The van der Waals surface area contributed by atoms with E-state index < -0.39 is 0 Å². The van der Waals surface area contributed by atoms with Gasteiger partial charge in [-0.2, -0.15) is 0 Å². The molecule has 1 N–H and O–H groups in total. The van der Waals surface area contributed by atoms with Crippen LogP contribution < -0.4 is 20.0 Å².